The van der Waals surface area contributed by atoms with E-state index in [-0.39, 0.29) is 11.8 Å². The van der Waals surface area contributed by atoms with Crippen LogP contribution in [0.25, 0.3) is 0 Å². The molecule has 0 saturated carbocycles. The number of amides is 1. The van der Waals surface area contributed by atoms with Crippen molar-refractivity contribution >= 4 is 5.91 Å². The SMILES string of the molecule is O=C(NCCn1ccnc1)C1CCCN(C2CCN(Cc3ccncc3)CC2)C1. The summed E-state index contributed by atoms with van der Waals surface area (Å²) in [6.45, 7) is 6.75. The van der Waals surface area contributed by atoms with Gasteiger partial charge in [0.25, 0.3) is 0 Å². The first-order valence-electron chi connectivity index (χ1n) is 10.9. The van der Waals surface area contributed by atoms with Gasteiger partial charge in [-0.25, -0.2) is 4.98 Å². The molecule has 0 bridgehead atoms. The lowest BCUT2D eigenvalue weighted by Gasteiger charge is -2.42. The fourth-order valence-electron chi connectivity index (χ4n) is 4.61. The van der Waals surface area contributed by atoms with E-state index in [2.05, 4.69) is 37.2 Å². The summed E-state index contributed by atoms with van der Waals surface area (Å²) in [5.41, 5.74) is 1.34. The number of rotatable bonds is 7. The highest BCUT2D eigenvalue weighted by Gasteiger charge is 2.31. The largest absolute Gasteiger partial charge is 0.354 e. The van der Waals surface area contributed by atoms with Crippen LogP contribution in [0.3, 0.4) is 0 Å². The molecule has 156 valence electrons. The van der Waals surface area contributed by atoms with Crippen LogP contribution in [0.1, 0.15) is 31.2 Å². The third kappa shape index (κ3) is 5.64. The molecule has 7 nitrogen and oxygen atoms in total. The molecule has 2 aromatic rings. The van der Waals surface area contributed by atoms with Crippen molar-refractivity contribution < 1.29 is 4.79 Å². The Morgan fingerprint density at radius 1 is 1.07 bits per heavy atom. The van der Waals surface area contributed by atoms with Crippen LogP contribution in [0.15, 0.2) is 43.2 Å². The normalized spacial score (nSPS) is 21.9. The minimum absolute atomic E-state index is 0.126. The van der Waals surface area contributed by atoms with Gasteiger partial charge >= 0.3 is 0 Å². The van der Waals surface area contributed by atoms with E-state index in [9.17, 15) is 4.79 Å². The third-order valence-corrected chi connectivity index (χ3v) is 6.28. The number of likely N-dealkylation sites (tertiary alicyclic amines) is 2. The summed E-state index contributed by atoms with van der Waals surface area (Å²) >= 11 is 0. The van der Waals surface area contributed by atoms with E-state index in [1.54, 1.807) is 12.5 Å². The van der Waals surface area contributed by atoms with Gasteiger partial charge in [0.2, 0.25) is 5.91 Å². The first-order chi connectivity index (χ1) is 14.3. The molecule has 1 atom stereocenters. The smallest absolute Gasteiger partial charge is 0.224 e. The number of hydrogen-bond acceptors (Lipinski definition) is 5. The van der Waals surface area contributed by atoms with Crippen molar-refractivity contribution in [3.05, 3.63) is 48.8 Å². The number of carbonyl (C=O) groups is 1. The molecular formula is C22H32N6O. The summed E-state index contributed by atoms with van der Waals surface area (Å²) in [6, 6.07) is 4.82. The van der Waals surface area contributed by atoms with Crippen molar-refractivity contribution in [2.45, 2.75) is 44.8 Å². The molecule has 1 amide bonds. The van der Waals surface area contributed by atoms with Crippen LogP contribution in [-0.4, -0.2) is 69.0 Å². The lowest BCUT2D eigenvalue weighted by molar-refractivity contribution is -0.127. The van der Waals surface area contributed by atoms with Crippen molar-refractivity contribution in [1.82, 2.24) is 29.7 Å². The Hall–Kier alpha value is -2.25. The zero-order valence-electron chi connectivity index (χ0n) is 17.1. The summed E-state index contributed by atoms with van der Waals surface area (Å²) < 4.78 is 1.99. The van der Waals surface area contributed by atoms with Crippen LogP contribution >= 0.6 is 0 Å². The number of hydrogen-bond donors (Lipinski definition) is 1. The maximum Gasteiger partial charge on any atom is 0.224 e. The van der Waals surface area contributed by atoms with Crippen LogP contribution in [0.5, 0.6) is 0 Å². The highest BCUT2D eigenvalue weighted by Crippen LogP contribution is 2.24. The molecule has 2 aliphatic heterocycles. The fraction of sp³-hybridized carbons (Fsp3) is 0.591. The van der Waals surface area contributed by atoms with Crippen molar-refractivity contribution in [1.29, 1.82) is 0 Å². The van der Waals surface area contributed by atoms with Gasteiger partial charge in [0.1, 0.15) is 0 Å². The minimum Gasteiger partial charge on any atom is -0.354 e. The first-order valence-corrected chi connectivity index (χ1v) is 10.9. The summed E-state index contributed by atoms with van der Waals surface area (Å²) in [7, 11) is 0. The number of aromatic nitrogens is 3. The van der Waals surface area contributed by atoms with E-state index < -0.39 is 0 Å². The Kier molecular flexibility index (Phi) is 6.90. The quantitative estimate of drug-likeness (QED) is 0.773. The van der Waals surface area contributed by atoms with Gasteiger partial charge in [0.15, 0.2) is 0 Å². The van der Waals surface area contributed by atoms with Crippen molar-refractivity contribution in [3.8, 4) is 0 Å². The second-order valence-electron chi connectivity index (χ2n) is 8.29. The lowest BCUT2D eigenvalue weighted by atomic mass is 9.93. The van der Waals surface area contributed by atoms with E-state index in [4.69, 9.17) is 0 Å². The van der Waals surface area contributed by atoms with E-state index in [1.165, 1.54) is 18.4 Å². The number of piperidine rings is 2. The predicted octanol–water partition coefficient (Wildman–Crippen LogP) is 1.77. The second-order valence-corrected chi connectivity index (χ2v) is 8.29. The molecule has 2 aliphatic rings. The fourth-order valence-corrected chi connectivity index (χ4v) is 4.61. The van der Waals surface area contributed by atoms with Gasteiger partial charge in [-0.05, 0) is 63.0 Å². The van der Waals surface area contributed by atoms with Crippen molar-refractivity contribution in [2.75, 3.05) is 32.7 Å². The van der Waals surface area contributed by atoms with Gasteiger partial charge in [-0.15, -0.1) is 0 Å². The van der Waals surface area contributed by atoms with Gasteiger partial charge in [-0.1, -0.05) is 0 Å². The Morgan fingerprint density at radius 3 is 2.66 bits per heavy atom. The molecule has 2 saturated heterocycles. The number of imidazole rings is 1. The number of nitrogens with zero attached hydrogens (tertiary/aromatic N) is 5. The monoisotopic (exact) mass is 396 g/mol. The summed E-state index contributed by atoms with van der Waals surface area (Å²) in [6.07, 6.45) is 13.7. The average Bonchev–Trinajstić information content (AvgIpc) is 3.29. The Morgan fingerprint density at radius 2 is 1.90 bits per heavy atom. The molecule has 0 aromatic carbocycles. The minimum atomic E-state index is 0.126. The topological polar surface area (TPSA) is 66.3 Å². The molecule has 4 heterocycles. The van der Waals surface area contributed by atoms with E-state index in [0.717, 1.165) is 52.1 Å². The van der Waals surface area contributed by atoms with Gasteiger partial charge in [0, 0.05) is 57.0 Å². The first kappa shape index (κ1) is 20.0. The van der Waals surface area contributed by atoms with Crippen LogP contribution in [0.4, 0.5) is 0 Å². The van der Waals surface area contributed by atoms with E-state index in [1.807, 2.05) is 23.2 Å². The molecule has 0 spiro atoms. The summed E-state index contributed by atoms with van der Waals surface area (Å²) in [4.78, 5) is 25.9. The molecule has 0 aliphatic carbocycles. The van der Waals surface area contributed by atoms with E-state index >= 15 is 0 Å². The standard InChI is InChI=1S/C22H32N6O/c29-22(25-10-15-27-14-9-24-18-27)20-2-1-11-28(17-20)21-5-12-26(13-6-21)16-19-3-7-23-8-4-19/h3-4,7-9,14,18,20-21H,1-2,5-6,10-13,15-17H2,(H,25,29). The Balaban J connectivity index is 1.20. The number of pyridine rings is 1. The molecule has 2 aromatic heterocycles. The molecule has 7 heteroatoms. The number of carbonyl (C=O) groups excluding carboxylic acids is 1. The van der Waals surface area contributed by atoms with Gasteiger partial charge in [-0.2, -0.15) is 0 Å². The maximum atomic E-state index is 12.6. The van der Waals surface area contributed by atoms with Crippen LogP contribution in [0.2, 0.25) is 0 Å². The van der Waals surface area contributed by atoms with Gasteiger partial charge in [-0.3, -0.25) is 19.6 Å². The molecular weight excluding hydrogens is 364 g/mol. The van der Waals surface area contributed by atoms with Crippen molar-refractivity contribution in [3.63, 3.8) is 0 Å². The zero-order chi connectivity index (χ0) is 19.9. The van der Waals surface area contributed by atoms with Crippen LogP contribution in [0, 0.1) is 5.92 Å². The zero-order valence-corrected chi connectivity index (χ0v) is 17.1. The molecule has 4 rings (SSSR count). The Labute approximate surface area is 173 Å². The average molecular weight is 397 g/mol. The molecule has 0 radical (unpaired) electrons. The molecule has 1 N–H and O–H groups in total. The van der Waals surface area contributed by atoms with Crippen LogP contribution < -0.4 is 5.32 Å². The molecule has 29 heavy (non-hydrogen) atoms. The third-order valence-electron chi connectivity index (χ3n) is 6.28. The molecule has 2 fully saturated rings. The summed E-state index contributed by atoms with van der Waals surface area (Å²) in [5.74, 6) is 0.339. The van der Waals surface area contributed by atoms with E-state index in [0.29, 0.717) is 12.6 Å². The number of nitrogens with one attached hydrogen (secondary N) is 1. The Bertz CT molecular complexity index is 742. The van der Waals surface area contributed by atoms with Gasteiger partial charge < -0.3 is 9.88 Å². The predicted molar refractivity (Wildman–Crippen MR) is 112 cm³/mol. The van der Waals surface area contributed by atoms with Crippen molar-refractivity contribution in [2.24, 2.45) is 5.92 Å². The van der Waals surface area contributed by atoms with Crippen LogP contribution in [-0.2, 0) is 17.9 Å². The molecule has 1 unspecified atom stereocenters. The highest BCUT2D eigenvalue weighted by atomic mass is 16.1. The lowest BCUT2D eigenvalue weighted by Crippen LogP contribution is -2.50. The summed E-state index contributed by atoms with van der Waals surface area (Å²) in [5, 5.41) is 3.12. The maximum absolute atomic E-state index is 12.6. The highest BCUT2D eigenvalue weighted by molar-refractivity contribution is 5.78. The van der Waals surface area contributed by atoms with Gasteiger partial charge in [0.05, 0.1) is 12.2 Å². The second kappa shape index (κ2) is 9.98.